The summed E-state index contributed by atoms with van der Waals surface area (Å²) in [6.07, 6.45) is 0.502. The first-order chi connectivity index (χ1) is 13.4. The lowest BCUT2D eigenvalue weighted by Gasteiger charge is -2.30. The molecule has 0 radical (unpaired) electrons. The third-order valence-corrected chi connectivity index (χ3v) is 5.33. The quantitative estimate of drug-likeness (QED) is 0.628. The molecule has 0 spiro atoms. The molecule has 0 bridgehead atoms. The third-order valence-electron chi connectivity index (χ3n) is 4.48. The van der Waals surface area contributed by atoms with E-state index in [0.29, 0.717) is 28.2 Å². The number of nitrogens with one attached hydrogen (secondary N) is 1. The molecule has 5 nitrogen and oxygen atoms in total. The SMILES string of the molecule is CC[C@@H](C(=O)NC)N(Cc1ccccc1C)C(=O)COc1ccc(Cl)cc1Br. The number of carbonyl (C=O) groups excluding carboxylic acids is 2. The van der Waals surface area contributed by atoms with E-state index >= 15 is 0 Å². The molecular weight excluding hydrogens is 444 g/mol. The summed E-state index contributed by atoms with van der Waals surface area (Å²) in [5, 5.41) is 3.21. The minimum atomic E-state index is -0.575. The first-order valence-corrected chi connectivity index (χ1v) is 10.2. The van der Waals surface area contributed by atoms with Crippen LogP contribution in [0.2, 0.25) is 5.02 Å². The lowest BCUT2D eigenvalue weighted by molar-refractivity contribution is -0.142. The molecule has 1 atom stereocenters. The van der Waals surface area contributed by atoms with Gasteiger partial charge in [-0.05, 0) is 58.6 Å². The fourth-order valence-corrected chi connectivity index (χ4v) is 3.67. The summed E-state index contributed by atoms with van der Waals surface area (Å²) < 4.78 is 6.35. The minimum absolute atomic E-state index is 0.181. The normalized spacial score (nSPS) is 11.6. The summed E-state index contributed by atoms with van der Waals surface area (Å²) in [6, 6.07) is 12.3. The number of benzene rings is 2. The Morgan fingerprint density at radius 2 is 1.96 bits per heavy atom. The molecule has 0 saturated heterocycles. The minimum Gasteiger partial charge on any atom is -0.483 e. The van der Waals surface area contributed by atoms with Gasteiger partial charge >= 0.3 is 0 Å². The van der Waals surface area contributed by atoms with E-state index in [2.05, 4.69) is 21.2 Å². The highest BCUT2D eigenvalue weighted by Gasteiger charge is 2.28. The van der Waals surface area contributed by atoms with Crippen molar-refractivity contribution >= 4 is 39.3 Å². The summed E-state index contributed by atoms with van der Waals surface area (Å²) in [4.78, 5) is 26.9. The van der Waals surface area contributed by atoms with Crippen LogP contribution >= 0.6 is 27.5 Å². The van der Waals surface area contributed by atoms with Crippen molar-refractivity contribution in [3.63, 3.8) is 0 Å². The highest BCUT2D eigenvalue weighted by molar-refractivity contribution is 9.10. The van der Waals surface area contributed by atoms with Gasteiger partial charge in [0.15, 0.2) is 6.61 Å². The molecule has 0 aromatic heterocycles. The average Bonchev–Trinajstić information content (AvgIpc) is 2.68. The van der Waals surface area contributed by atoms with Crippen LogP contribution in [-0.4, -0.2) is 36.4 Å². The molecule has 0 aliphatic heterocycles. The number of nitrogens with zero attached hydrogens (tertiary/aromatic N) is 1. The average molecular weight is 468 g/mol. The third kappa shape index (κ3) is 5.72. The molecule has 7 heteroatoms. The van der Waals surface area contributed by atoms with Gasteiger partial charge in [-0.3, -0.25) is 9.59 Å². The van der Waals surface area contributed by atoms with Crippen LogP contribution in [0.4, 0.5) is 0 Å². The standard InChI is InChI=1S/C21H24BrClN2O3/c1-4-18(21(27)24-3)25(12-15-8-6-5-7-14(15)2)20(26)13-28-19-10-9-16(23)11-17(19)22/h5-11,18H,4,12-13H2,1-3H3,(H,24,27)/t18-/m0/s1. The summed E-state index contributed by atoms with van der Waals surface area (Å²) in [7, 11) is 1.57. The zero-order valence-electron chi connectivity index (χ0n) is 16.2. The van der Waals surface area contributed by atoms with Crippen LogP contribution in [0.25, 0.3) is 0 Å². The van der Waals surface area contributed by atoms with Crippen molar-refractivity contribution in [3.05, 3.63) is 63.1 Å². The number of hydrogen-bond donors (Lipinski definition) is 1. The molecule has 2 rings (SSSR count). The van der Waals surface area contributed by atoms with Gasteiger partial charge in [0.05, 0.1) is 4.47 Å². The maximum Gasteiger partial charge on any atom is 0.261 e. The Morgan fingerprint density at radius 3 is 2.57 bits per heavy atom. The van der Waals surface area contributed by atoms with Crippen LogP contribution in [0.5, 0.6) is 5.75 Å². The Balaban J connectivity index is 2.22. The Hall–Kier alpha value is -2.05. The van der Waals surface area contributed by atoms with Gasteiger partial charge in [-0.15, -0.1) is 0 Å². The summed E-state index contributed by atoms with van der Waals surface area (Å²) in [5.41, 5.74) is 2.05. The Labute approximate surface area is 179 Å². The first-order valence-electron chi connectivity index (χ1n) is 9.00. The smallest absolute Gasteiger partial charge is 0.261 e. The Bertz CT molecular complexity index is 844. The molecule has 2 amide bonds. The van der Waals surface area contributed by atoms with E-state index in [-0.39, 0.29) is 18.4 Å². The predicted molar refractivity (Wildman–Crippen MR) is 115 cm³/mol. The molecule has 28 heavy (non-hydrogen) atoms. The van der Waals surface area contributed by atoms with Gasteiger partial charge in [-0.1, -0.05) is 42.8 Å². The number of carbonyl (C=O) groups is 2. The molecule has 2 aromatic rings. The number of halogens is 2. The fourth-order valence-electron chi connectivity index (χ4n) is 2.87. The van der Waals surface area contributed by atoms with Gasteiger partial charge < -0.3 is 15.0 Å². The van der Waals surface area contributed by atoms with E-state index in [1.54, 1.807) is 30.1 Å². The molecule has 0 saturated carbocycles. The number of aryl methyl sites for hydroxylation is 1. The van der Waals surface area contributed by atoms with Crippen molar-refractivity contribution in [2.75, 3.05) is 13.7 Å². The summed E-state index contributed by atoms with van der Waals surface area (Å²) in [5.74, 6) is 0.0549. The van der Waals surface area contributed by atoms with Crippen molar-refractivity contribution in [1.82, 2.24) is 10.2 Å². The molecular formula is C21H24BrClN2O3. The van der Waals surface area contributed by atoms with Crippen LogP contribution in [0.3, 0.4) is 0 Å². The van der Waals surface area contributed by atoms with E-state index in [0.717, 1.165) is 11.1 Å². The summed E-state index contributed by atoms with van der Waals surface area (Å²) in [6.45, 7) is 4.02. The topological polar surface area (TPSA) is 58.6 Å². The zero-order valence-corrected chi connectivity index (χ0v) is 18.5. The molecule has 0 fully saturated rings. The fraction of sp³-hybridized carbons (Fsp3) is 0.333. The lowest BCUT2D eigenvalue weighted by Crippen LogP contribution is -2.49. The van der Waals surface area contributed by atoms with Crippen molar-refractivity contribution in [1.29, 1.82) is 0 Å². The van der Waals surface area contributed by atoms with Crippen LogP contribution in [0.1, 0.15) is 24.5 Å². The maximum atomic E-state index is 13.0. The monoisotopic (exact) mass is 466 g/mol. The predicted octanol–water partition coefficient (Wildman–Crippen LogP) is 4.34. The van der Waals surface area contributed by atoms with Crippen molar-refractivity contribution < 1.29 is 14.3 Å². The molecule has 0 aliphatic rings. The molecule has 1 N–H and O–H groups in total. The number of likely N-dealkylation sites (N-methyl/N-ethyl adjacent to an activating group) is 1. The van der Waals surface area contributed by atoms with E-state index in [9.17, 15) is 9.59 Å². The number of hydrogen-bond acceptors (Lipinski definition) is 3. The number of amides is 2. The van der Waals surface area contributed by atoms with E-state index < -0.39 is 6.04 Å². The number of rotatable bonds is 8. The maximum absolute atomic E-state index is 13.0. The molecule has 0 aliphatic carbocycles. The zero-order chi connectivity index (χ0) is 20.7. The van der Waals surface area contributed by atoms with Gasteiger partial charge in [-0.2, -0.15) is 0 Å². The van der Waals surface area contributed by atoms with Gasteiger partial charge in [0.25, 0.3) is 5.91 Å². The lowest BCUT2D eigenvalue weighted by atomic mass is 10.1. The second kappa shape index (κ2) is 10.5. The van der Waals surface area contributed by atoms with Crippen LogP contribution in [0, 0.1) is 6.92 Å². The van der Waals surface area contributed by atoms with Gasteiger partial charge in [0, 0.05) is 18.6 Å². The molecule has 150 valence electrons. The van der Waals surface area contributed by atoms with Crippen molar-refractivity contribution in [3.8, 4) is 5.75 Å². The number of ether oxygens (including phenoxy) is 1. The largest absolute Gasteiger partial charge is 0.483 e. The molecule has 0 unspecified atom stereocenters. The molecule has 2 aromatic carbocycles. The van der Waals surface area contributed by atoms with Crippen molar-refractivity contribution in [2.45, 2.75) is 32.9 Å². The second-order valence-corrected chi connectivity index (χ2v) is 7.64. The Kier molecular flexibility index (Phi) is 8.33. The van der Waals surface area contributed by atoms with E-state index in [1.165, 1.54) is 0 Å². The van der Waals surface area contributed by atoms with Gasteiger partial charge in [0.1, 0.15) is 11.8 Å². The molecule has 0 heterocycles. The summed E-state index contributed by atoms with van der Waals surface area (Å²) >= 11 is 9.32. The van der Waals surface area contributed by atoms with Gasteiger partial charge in [-0.25, -0.2) is 0 Å². The van der Waals surface area contributed by atoms with Crippen LogP contribution in [0.15, 0.2) is 46.9 Å². The van der Waals surface area contributed by atoms with E-state index in [1.807, 2.05) is 38.1 Å². The van der Waals surface area contributed by atoms with Gasteiger partial charge in [0.2, 0.25) is 5.91 Å². The Morgan fingerprint density at radius 1 is 1.25 bits per heavy atom. The highest BCUT2D eigenvalue weighted by Crippen LogP contribution is 2.28. The van der Waals surface area contributed by atoms with Crippen LogP contribution in [-0.2, 0) is 16.1 Å². The van der Waals surface area contributed by atoms with E-state index in [4.69, 9.17) is 16.3 Å². The second-order valence-electron chi connectivity index (χ2n) is 6.35. The highest BCUT2D eigenvalue weighted by atomic mass is 79.9. The van der Waals surface area contributed by atoms with Crippen molar-refractivity contribution in [2.24, 2.45) is 0 Å². The van der Waals surface area contributed by atoms with Crippen LogP contribution < -0.4 is 10.1 Å². The first kappa shape index (κ1) is 22.2.